The Bertz CT molecular complexity index is 2110. The smallest absolute Gasteiger partial charge is 0.164 e. The number of furan rings is 1. The number of hydrogen-bond acceptors (Lipinski definition) is 4. The van der Waals surface area contributed by atoms with Crippen LogP contribution in [0, 0.1) is 0 Å². The molecule has 0 aliphatic carbocycles. The second-order valence-corrected chi connectivity index (χ2v) is 9.67. The molecule has 0 saturated heterocycles. The number of para-hydroxylation sites is 1. The van der Waals surface area contributed by atoms with Crippen molar-refractivity contribution in [2.24, 2.45) is 0 Å². The molecule has 4 heteroatoms. The molecule has 0 bridgehead atoms. The summed E-state index contributed by atoms with van der Waals surface area (Å²) < 4.78 is 6.22. The molecule has 39 heavy (non-hydrogen) atoms. The fourth-order valence-electron chi connectivity index (χ4n) is 5.44. The van der Waals surface area contributed by atoms with Gasteiger partial charge in [0.05, 0.1) is 0 Å². The molecule has 0 fully saturated rings. The van der Waals surface area contributed by atoms with Gasteiger partial charge in [0.15, 0.2) is 17.5 Å². The quantitative estimate of drug-likeness (QED) is 0.228. The van der Waals surface area contributed by atoms with Crippen LogP contribution in [0.4, 0.5) is 0 Å². The van der Waals surface area contributed by atoms with Crippen LogP contribution < -0.4 is 0 Å². The number of benzene rings is 6. The highest BCUT2D eigenvalue weighted by Gasteiger charge is 2.15. The van der Waals surface area contributed by atoms with E-state index in [4.69, 9.17) is 19.4 Å². The Morgan fingerprint density at radius 2 is 0.949 bits per heavy atom. The summed E-state index contributed by atoms with van der Waals surface area (Å²) in [5.41, 5.74) is 4.63. The van der Waals surface area contributed by atoms with Crippen LogP contribution in [-0.2, 0) is 0 Å². The molecule has 8 rings (SSSR count). The fraction of sp³-hybridized carbons (Fsp3) is 0. The molecule has 0 saturated carbocycles. The minimum atomic E-state index is 0.644. The zero-order valence-corrected chi connectivity index (χ0v) is 20.9. The Labute approximate surface area is 224 Å². The van der Waals surface area contributed by atoms with E-state index in [0.717, 1.165) is 49.4 Å². The number of hydrogen-bond donors (Lipinski definition) is 0. The van der Waals surface area contributed by atoms with E-state index in [1.54, 1.807) is 0 Å². The topological polar surface area (TPSA) is 51.8 Å². The molecular weight excluding hydrogens is 478 g/mol. The summed E-state index contributed by atoms with van der Waals surface area (Å²) >= 11 is 0. The Hall–Kier alpha value is -5.35. The van der Waals surface area contributed by atoms with Gasteiger partial charge >= 0.3 is 0 Å². The molecule has 2 aromatic heterocycles. The summed E-state index contributed by atoms with van der Waals surface area (Å²) in [4.78, 5) is 14.7. The van der Waals surface area contributed by atoms with Gasteiger partial charge in [0.25, 0.3) is 0 Å². The van der Waals surface area contributed by atoms with Crippen molar-refractivity contribution in [3.8, 4) is 34.2 Å². The Morgan fingerprint density at radius 3 is 1.67 bits per heavy atom. The van der Waals surface area contributed by atoms with Crippen LogP contribution >= 0.6 is 0 Å². The zero-order chi connectivity index (χ0) is 25.8. The van der Waals surface area contributed by atoms with Gasteiger partial charge in [0.1, 0.15) is 11.2 Å². The molecule has 2 heterocycles. The first-order valence-electron chi connectivity index (χ1n) is 13.0. The molecule has 0 N–H and O–H groups in total. The predicted octanol–water partition coefficient (Wildman–Crippen LogP) is 9.08. The van der Waals surface area contributed by atoms with E-state index in [0.29, 0.717) is 17.5 Å². The maximum atomic E-state index is 6.22. The molecule has 0 atom stereocenters. The summed E-state index contributed by atoms with van der Waals surface area (Å²) in [5.74, 6) is 1.95. The van der Waals surface area contributed by atoms with Crippen molar-refractivity contribution in [3.05, 3.63) is 127 Å². The van der Waals surface area contributed by atoms with E-state index in [1.807, 2.05) is 72.8 Å². The lowest BCUT2D eigenvalue weighted by Gasteiger charge is -2.10. The summed E-state index contributed by atoms with van der Waals surface area (Å²) in [5, 5.41) is 6.90. The molecule has 0 amide bonds. The van der Waals surface area contributed by atoms with Crippen LogP contribution in [0.15, 0.2) is 132 Å². The average molecular weight is 500 g/mol. The van der Waals surface area contributed by atoms with Crippen molar-refractivity contribution < 1.29 is 4.42 Å². The lowest BCUT2D eigenvalue weighted by Crippen LogP contribution is -2.00. The first-order chi connectivity index (χ1) is 19.3. The standard InChI is InChI=1S/C35H21N3O/c1-3-9-24(10-4-1)33-36-34(25-11-5-2-6-12-25)38-35(37-33)26-18-16-22-15-17-23-19-20-30-32(31(23)28(22)21-26)27-13-7-8-14-29(27)39-30/h1-21H. The van der Waals surface area contributed by atoms with Crippen LogP contribution in [0.2, 0.25) is 0 Å². The maximum absolute atomic E-state index is 6.22. The SMILES string of the molecule is c1ccc(-c2nc(-c3ccccc3)nc(-c3ccc4ccc5ccc6oc7ccccc7c6c5c4c3)n2)cc1. The molecule has 0 radical (unpaired) electrons. The van der Waals surface area contributed by atoms with Crippen molar-refractivity contribution in [1.29, 1.82) is 0 Å². The summed E-state index contributed by atoms with van der Waals surface area (Å²) in [6.45, 7) is 0. The second kappa shape index (κ2) is 8.61. The molecule has 4 nitrogen and oxygen atoms in total. The average Bonchev–Trinajstić information content (AvgIpc) is 3.40. The van der Waals surface area contributed by atoms with Crippen LogP contribution in [0.25, 0.3) is 77.6 Å². The third kappa shape index (κ3) is 3.57. The van der Waals surface area contributed by atoms with Gasteiger partial charge in [-0.05, 0) is 34.4 Å². The number of aromatic nitrogens is 3. The molecule has 0 unspecified atom stereocenters. The van der Waals surface area contributed by atoms with Gasteiger partial charge < -0.3 is 4.42 Å². The van der Waals surface area contributed by atoms with Crippen LogP contribution in [0.1, 0.15) is 0 Å². The summed E-state index contributed by atoms with van der Waals surface area (Å²) in [6.07, 6.45) is 0. The minimum absolute atomic E-state index is 0.644. The Balaban J connectivity index is 1.42. The number of fused-ring (bicyclic) bond motifs is 7. The van der Waals surface area contributed by atoms with Crippen molar-refractivity contribution in [3.63, 3.8) is 0 Å². The fourth-order valence-corrected chi connectivity index (χ4v) is 5.44. The highest BCUT2D eigenvalue weighted by atomic mass is 16.3. The first-order valence-corrected chi connectivity index (χ1v) is 13.0. The van der Waals surface area contributed by atoms with Gasteiger partial charge in [-0.2, -0.15) is 0 Å². The lowest BCUT2D eigenvalue weighted by atomic mass is 9.96. The number of rotatable bonds is 3. The summed E-state index contributed by atoms with van der Waals surface area (Å²) in [7, 11) is 0. The van der Waals surface area contributed by atoms with Crippen molar-refractivity contribution in [2.75, 3.05) is 0 Å². The van der Waals surface area contributed by atoms with Gasteiger partial charge in [-0.15, -0.1) is 0 Å². The van der Waals surface area contributed by atoms with Crippen molar-refractivity contribution in [1.82, 2.24) is 15.0 Å². The van der Waals surface area contributed by atoms with E-state index in [9.17, 15) is 0 Å². The minimum Gasteiger partial charge on any atom is -0.456 e. The highest BCUT2D eigenvalue weighted by Crippen LogP contribution is 2.39. The molecular formula is C35H21N3O. The van der Waals surface area contributed by atoms with Crippen LogP contribution in [0.3, 0.4) is 0 Å². The first kappa shape index (κ1) is 21.7. The molecule has 182 valence electrons. The zero-order valence-electron chi connectivity index (χ0n) is 20.9. The number of nitrogens with zero attached hydrogens (tertiary/aromatic N) is 3. The predicted molar refractivity (Wildman–Crippen MR) is 158 cm³/mol. The van der Waals surface area contributed by atoms with E-state index < -0.39 is 0 Å². The molecule has 0 aliphatic heterocycles. The van der Waals surface area contributed by atoms with Crippen LogP contribution in [0.5, 0.6) is 0 Å². The van der Waals surface area contributed by atoms with Crippen molar-refractivity contribution in [2.45, 2.75) is 0 Å². The maximum Gasteiger partial charge on any atom is 0.164 e. The third-order valence-corrected chi connectivity index (χ3v) is 7.30. The molecule has 0 aliphatic rings. The molecule has 8 aromatic rings. The largest absolute Gasteiger partial charge is 0.456 e. The van der Waals surface area contributed by atoms with Crippen molar-refractivity contribution >= 4 is 43.5 Å². The highest BCUT2D eigenvalue weighted by molar-refractivity contribution is 6.26. The van der Waals surface area contributed by atoms with Gasteiger partial charge in [0, 0.05) is 32.8 Å². The Morgan fingerprint density at radius 1 is 0.385 bits per heavy atom. The van der Waals surface area contributed by atoms with E-state index in [1.165, 1.54) is 10.8 Å². The second-order valence-electron chi connectivity index (χ2n) is 9.67. The van der Waals surface area contributed by atoms with E-state index >= 15 is 0 Å². The van der Waals surface area contributed by atoms with Crippen LogP contribution in [-0.4, -0.2) is 15.0 Å². The van der Waals surface area contributed by atoms with E-state index in [-0.39, 0.29) is 0 Å². The lowest BCUT2D eigenvalue weighted by molar-refractivity contribution is 0.669. The molecule has 6 aromatic carbocycles. The monoisotopic (exact) mass is 499 g/mol. The van der Waals surface area contributed by atoms with Gasteiger partial charge in [-0.25, -0.2) is 15.0 Å². The normalized spacial score (nSPS) is 11.6. The summed E-state index contributed by atoms with van der Waals surface area (Å²) in [6, 6.07) is 43.4. The molecule has 0 spiro atoms. The Kier molecular flexibility index (Phi) is 4.79. The van der Waals surface area contributed by atoms with Gasteiger partial charge in [0.2, 0.25) is 0 Å². The van der Waals surface area contributed by atoms with E-state index in [2.05, 4.69) is 54.6 Å². The van der Waals surface area contributed by atoms with Gasteiger partial charge in [-0.3, -0.25) is 0 Å². The van der Waals surface area contributed by atoms with Gasteiger partial charge in [-0.1, -0.05) is 109 Å². The third-order valence-electron chi connectivity index (χ3n) is 7.30.